The first-order valence-corrected chi connectivity index (χ1v) is 6.47. The lowest BCUT2D eigenvalue weighted by Crippen LogP contribution is -2.48. The van der Waals surface area contributed by atoms with Gasteiger partial charge in [0.05, 0.1) is 6.61 Å². The predicted molar refractivity (Wildman–Crippen MR) is 74.3 cm³/mol. The third-order valence-corrected chi connectivity index (χ3v) is 3.28. The minimum atomic E-state index is -0.315. The normalized spacial score (nSPS) is 21.6. The summed E-state index contributed by atoms with van der Waals surface area (Å²) in [6.07, 6.45) is -0.315. The summed E-state index contributed by atoms with van der Waals surface area (Å²) in [5, 5.41) is 11.7. The quantitative estimate of drug-likeness (QED) is 0.373. The first-order chi connectivity index (χ1) is 9.08. The number of rotatable bonds is 3. The van der Waals surface area contributed by atoms with Gasteiger partial charge in [-0.15, -0.1) is 0 Å². The molecule has 3 N–H and O–H groups in total. The number of hydrogen-bond acceptors (Lipinski definition) is 4. The van der Waals surface area contributed by atoms with Crippen LogP contribution in [0.3, 0.4) is 0 Å². The van der Waals surface area contributed by atoms with Gasteiger partial charge >= 0.3 is 0 Å². The number of oxime groups is 1. The molecule has 1 aromatic carbocycles. The Kier molecular flexibility index (Phi) is 4.39. The lowest BCUT2D eigenvalue weighted by Gasteiger charge is -2.32. The smallest absolute Gasteiger partial charge is 0.169 e. The van der Waals surface area contributed by atoms with Crippen LogP contribution in [-0.2, 0) is 11.3 Å². The van der Waals surface area contributed by atoms with Crippen LogP contribution in [-0.4, -0.2) is 41.7 Å². The average Bonchev–Trinajstić information content (AvgIpc) is 2.37. The molecule has 1 aliphatic rings. The molecule has 1 atom stereocenters. The molecule has 5 heteroatoms. The van der Waals surface area contributed by atoms with Gasteiger partial charge in [-0.25, -0.2) is 0 Å². The van der Waals surface area contributed by atoms with Crippen molar-refractivity contribution in [1.29, 1.82) is 0 Å². The van der Waals surface area contributed by atoms with Crippen LogP contribution in [0.2, 0.25) is 0 Å². The van der Waals surface area contributed by atoms with Gasteiger partial charge in [0, 0.05) is 19.6 Å². The second-order valence-electron chi connectivity index (χ2n) is 5.12. The van der Waals surface area contributed by atoms with Gasteiger partial charge < -0.3 is 15.7 Å². The topological polar surface area (TPSA) is 71.1 Å². The number of amidine groups is 1. The number of benzene rings is 1. The highest BCUT2D eigenvalue weighted by Gasteiger charge is 2.23. The fraction of sp³-hybridized carbons (Fsp3) is 0.500. The zero-order valence-corrected chi connectivity index (χ0v) is 11.5. The number of ether oxygens (including phenoxy) is 1. The van der Waals surface area contributed by atoms with E-state index in [-0.39, 0.29) is 11.9 Å². The summed E-state index contributed by atoms with van der Waals surface area (Å²) in [7, 11) is 0. The molecule has 5 nitrogen and oxygen atoms in total. The Bertz CT molecular complexity index is 454. The summed E-state index contributed by atoms with van der Waals surface area (Å²) in [5.74, 6) is 0.144. The molecule has 1 saturated heterocycles. The van der Waals surface area contributed by atoms with E-state index in [9.17, 15) is 0 Å². The monoisotopic (exact) mass is 263 g/mol. The van der Waals surface area contributed by atoms with E-state index in [1.165, 1.54) is 16.7 Å². The van der Waals surface area contributed by atoms with Gasteiger partial charge in [-0.3, -0.25) is 4.90 Å². The van der Waals surface area contributed by atoms with Crippen LogP contribution in [0.25, 0.3) is 0 Å². The van der Waals surface area contributed by atoms with Gasteiger partial charge in [0.25, 0.3) is 0 Å². The van der Waals surface area contributed by atoms with Crippen molar-refractivity contribution in [2.45, 2.75) is 26.5 Å². The number of nitrogens with two attached hydrogens (primary N) is 1. The van der Waals surface area contributed by atoms with Crippen LogP contribution in [0.5, 0.6) is 0 Å². The molecule has 104 valence electrons. The Morgan fingerprint density at radius 1 is 1.42 bits per heavy atom. The van der Waals surface area contributed by atoms with E-state index < -0.39 is 0 Å². The van der Waals surface area contributed by atoms with Crippen molar-refractivity contribution >= 4 is 5.84 Å². The van der Waals surface area contributed by atoms with Crippen molar-refractivity contribution in [1.82, 2.24) is 4.90 Å². The molecule has 0 aliphatic carbocycles. The molecular weight excluding hydrogens is 242 g/mol. The summed E-state index contributed by atoms with van der Waals surface area (Å²) in [5.41, 5.74) is 9.44. The first kappa shape index (κ1) is 13.8. The van der Waals surface area contributed by atoms with Crippen LogP contribution in [0, 0.1) is 13.8 Å². The lowest BCUT2D eigenvalue weighted by atomic mass is 10.1. The van der Waals surface area contributed by atoms with E-state index >= 15 is 0 Å². The van der Waals surface area contributed by atoms with E-state index in [2.05, 4.69) is 42.1 Å². The van der Waals surface area contributed by atoms with Crippen LogP contribution >= 0.6 is 0 Å². The van der Waals surface area contributed by atoms with Crippen molar-refractivity contribution in [3.63, 3.8) is 0 Å². The molecule has 1 aromatic rings. The molecule has 0 radical (unpaired) electrons. The standard InChI is InChI=1S/C14H21N3O2/c1-10-5-11(2)7-12(6-10)8-17-3-4-19-13(9-17)14(15)16-18/h5-7,13,18H,3-4,8-9H2,1-2H3,(H2,15,16). The number of aryl methyl sites for hydroxylation is 2. The molecule has 1 aliphatic heterocycles. The highest BCUT2D eigenvalue weighted by Crippen LogP contribution is 2.14. The molecule has 0 aromatic heterocycles. The van der Waals surface area contributed by atoms with Gasteiger partial charge in [0.2, 0.25) is 0 Å². The molecule has 1 fully saturated rings. The van der Waals surface area contributed by atoms with Crippen molar-refractivity contribution in [3.8, 4) is 0 Å². The second-order valence-corrected chi connectivity index (χ2v) is 5.12. The van der Waals surface area contributed by atoms with Gasteiger partial charge in [-0.05, 0) is 19.4 Å². The summed E-state index contributed by atoms with van der Waals surface area (Å²) in [6.45, 7) is 7.20. The maximum atomic E-state index is 8.70. The second kappa shape index (κ2) is 6.04. The van der Waals surface area contributed by atoms with Gasteiger partial charge in [0.15, 0.2) is 5.84 Å². The van der Waals surface area contributed by atoms with Gasteiger partial charge in [0.1, 0.15) is 6.10 Å². The van der Waals surface area contributed by atoms with Crippen LogP contribution in [0.4, 0.5) is 0 Å². The highest BCUT2D eigenvalue weighted by molar-refractivity contribution is 5.84. The largest absolute Gasteiger partial charge is 0.409 e. The van der Waals surface area contributed by atoms with Crippen molar-refractivity contribution < 1.29 is 9.94 Å². The van der Waals surface area contributed by atoms with Gasteiger partial charge in [-0.2, -0.15) is 0 Å². The molecular formula is C14H21N3O2. The Morgan fingerprint density at radius 2 is 2.11 bits per heavy atom. The molecule has 1 unspecified atom stereocenters. The Balaban J connectivity index is 2.02. The van der Waals surface area contributed by atoms with Crippen molar-refractivity contribution in [3.05, 3.63) is 34.9 Å². The lowest BCUT2D eigenvalue weighted by molar-refractivity contribution is 0.00141. The summed E-state index contributed by atoms with van der Waals surface area (Å²) in [6, 6.07) is 6.56. The SMILES string of the molecule is Cc1cc(C)cc(CN2CCOC(C(N)=NO)C2)c1. The molecule has 19 heavy (non-hydrogen) atoms. The Morgan fingerprint density at radius 3 is 2.74 bits per heavy atom. The molecule has 0 amide bonds. The maximum Gasteiger partial charge on any atom is 0.169 e. The molecule has 0 bridgehead atoms. The third kappa shape index (κ3) is 3.68. The molecule has 2 rings (SSSR count). The fourth-order valence-corrected chi connectivity index (χ4v) is 2.51. The van der Waals surface area contributed by atoms with E-state index in [0.717, 1.165) is 13.1 Å². The molecule has 0 spiro atoms. The third-order valence-electron chi connectivity index (χ3n) is 3.28. The Hall–Kier alpha value is -1.59. The fourth-order valence-electron chi connectivity index (χ4n) is 2.51. The van der Waals surface area contributed by atoms with Crippen LogP contribution in [0.1, 0.15) is 16.7 Å². The number of nitrogens with zero attached hydrogens (tertiary/aromatic N) is 2. The summed E-state index contributed by atoms with van der Waals surface area (Å²) in [4.78, 5) is 2.26. The maximum absolute atomic E-state index is 8.70. The zero-order valence-electron chi connectivity index (χ0n) is 11.5. The summed E-state index contributed by atoms with van der Waals surface area (Å²) < 4.78 is 5.49. The number of morpholine rings is 1. The van der Waals surface area contributed by atoms with E-state index in [1.807, 2.05) is 0 Å². The van der Waals surface area contributed by atoms with E-state index in [4.69, 9.17) is 15.7 Å². The van der Waals surface area contributed by atoms with Crippen molar-refractivity contribution in [2.75, 3.05) is 19.7 Å². The summed E-state index contributed by atoms with van der Waals surface area (Å²) >= 11 is 0. The predicted octanol–water partition coefficient (Wildman–Crippen LogP) is 1.25. The van der Waals surface area contributed by atoms with Crippen LogP contribution < -0.4 is 5.73 Å². The average molecular weight is 263 g/mol. The van der Waals surface area contributed by atoms with Crippen LogP contribution in [0.15, 0.2) is 23.4 Å². The van der Waals surface area contributed by atoms with E-state index in [0.29, 0.717) is 13.2 Å². The molecule has 0 saturated carbocycles. The first-order valence-electron chi connectivity index (χ1n) is 6.47. The highest BCUT2D eigenvalue weighted by atomic mass is 16.5. The Labute approximate surface area is 113 Å². The van der Waals surface area contributed by atoms with Gasteiger partial charge in [-0.1, -0.05) is 34.5 Å². The minimum absolute atomic E-state index is 0.144. The van der Waals surface area contributed by atoms with E-state index in [1.54, 1.807) is 0 Å². The minimum Gasteiger partial charge on any atom is -0.409 e. The van der Waals surface area contributed by atoms with Crippen molar-refractivity contribution in [2.24, 2.45) is 10.9 Å². The zero-order chi connectivity index (χ0) is 13.8. The number of hydrogen-bond donors (Lipinski definition) is 2. The molecule has 1 heterocycles.